The van der Waals surface area contributed by atoms with E-state index in [2.05, 4.69) is 17.6 Å². The Morgan fingerprint density at radius 2 is 1.94 bits per heavy atom. The zero-order chi connectivity index (χ0) is 12.3. The molecule has 16 heavy (non-hydrogen) atoms. The average Bonchev–Trinajstić information content (AvgIpc) is 2.89. The summed E-state index contributed by atoms with van der Waals surface area (Å²) in [6.07, 6.45) is 2.25. The number of hydrogen-bond acceptors (Lipinski definition) is 2. The maximum Gasteiger partial charge on any atom is 0.326 e. The molecule has 0 aromatic carbocycles. The molecule has 0 saturated heterocycles. The summed E-state index contributed by atoms with van der Waals surface area (Å²) in [5.41, 5.74) is 0.230. The van der Waals surface area contributed by atoms with Gasteiger partial charge in [0.1, 0.15) is 6.04 Å². The molecule has 1 aliphatic rings. The highest BCUT2D eigenvalue weighted by Crippen LogP contribution is 2.43. The number of hydrogen-bond donors (Lipinski definition) is 3. The second-order valence-electron chi connectivity index (χ2n) is 5.20. The number of carbonyl (C=O) groups is 2. The zero-order valence-corrected chi connectivity index (χ0v) is 10.0. The van der Waals surface area contributed by atoms with E-state index in [1.54, 1.807) is 13.8 Å². The summed E-state index contributed by atoms with van der Waals surface area (Å²) < 4.78 is 0. The standard InChI is InChI=1S/C11H20N2O3/c1-7(2)8(9(14)15)13-10(16)12-6-11(3)4-5-11/h7-8H,4-6H2,1-3H3,(H,14,15)(H2,12,13,16). The Hall–Kier alpha value is -1.26. The molecular weight excluding hydrogens is 208 g/mol. The Kier molecular flexibility index (Phi) is 3.78. The number of nitrogens with one attached hydrogen (secondary N) is 2. The molecule has 5 nitrogen and oxygen atoms in total. The number of carboxylic acids is 1. The second kappa shape index (κ2) is 4.72. The summed E-state index contributed by atoms with van der Waals surface area (Å²) in [5.74, 6) is -1.12. The molecule has 1 fully saturated rings. The Labute approximate surface area is 95.6 Å². The first-order valence-corrected chi connectivity index (χ1v) is 5.61. The average molecular weight is 228 g/mol. The minimum atomic E-state index is -0.997. The van der Waals surface area contributed by atoms with Gasteiger partial charge in [-0.3, -0.25) is 0 Å². The topological polar surface area (TPSA) is 78.4 Å². The van der Waals surface area contributed by atoms with E-state index < -0.39 is 18.0 Å². The monoisotopic (exact) mass is 228 g/mol. The third kappa shape index (κ3) is 3.72. The van der Waals surface area contributed by atoms with Gasteiger partial charge in [0.2, 0.25) is 0 Å². The van der Waals surface area contributed by atoms with Crippen LogP contribution in [0.2, 0.25) is 0 Å². The van der Waals surface area contributed by atoms with Crippen molar-refractivity contribution in [3.8, 4) is 0 Å². The van der Waals surface area contributed by atoms with Crippen molar-refractivity contribution in [2.75, 3.05) is 6.54 Å². The first kappa shape index (κ1) is 12.8. The Bertz CT molecular complexity index is 285. The highest BCUT2D eigenvalue weighted by Gasteiger charge is 2.37. The van der Waals surface area contributed by atoms with Crippen molar-refractivity contribution in [1.29, 1.82) is 0 Å². The van der Waals surface area contributed by atoms with E-state index in [-0.39, 0.29) is 11.3 Å². The number of amides is 2. The first-order valence-electron chi connectivity index (χ1n) is 5.61. The van der Waals surface area contributed by atoms with Gasteiger partial charge in [-0.2, -0.15) is 0 Å². The van der Waals surface area contributed by atoms with Gasteiger partial charge in [0.15, 0.2) is 0 Å². The van der Waals surface area contributed by atoms with E-state index >= 15 is 0 Å². The molecule has 5 heteroatoms. The van der Waals surface area contributed by atoms with Crippen molar-refractivity contribution in [2.24, 2.45) is 11.3 Å². The number of aliphatic carboxylic acids is 1. The van der Waals surface area contributed by atoms with E-state index in [0.29, 0.717) is 6.54 Å². The summed E-state index contributed by atoms with van der Waals surface area (Å²) in [6.45, 7) is 6.25. The predicted molar refractivity (Wildman–Crippen MR) is 60.1 cm³/mol. The van der Waals surface area contributed by atoms with Crippen molar-refractivity contribution < 1.29 is 14.7 Å². The lowest BCUT2D eigenvalue weighted by molar-refractivity contribution is -0.140. The van der Waals surface area contributed by atoms with E-state index in [1.165, 1.54) is 0 Å². The van der Waals surface area contributed by atoms with Crippen LogP contribution in [0, 0.1) is 11.3 Å². The van der Waals surface area contributed by atoms with E-state index in [4.69, 9.17) is 5.11 Å². The van der Waals surface area contributed by atoms with Crippen LogP contribution < -0.4 is 10.6 Å². The fourth-order valence-corrected chi connectivity index (χ4v) is 1.39. The Morgan fingerprint density at radius 3 is 2.31 bits per heavy atom. The lowest BCUT2D eigenvalue weighted by Crippen LogP contribution is -2.49. The van der Waals surface area contributed by atoms with Crippen LogP contribution in [0.1, 0.15) is 33.6 Å². The Morgan fingerprint density at radius 1 is 1.38 bits per heavy atom. The number of urea groups is 1. The van der Waals surface area contributed by atoms with Crippen LogP contribution in [0.15, 0.2) is 0 Å². The number of carboxylic acid groups (broad SMARTS) is 1. The summed E-state index contributed by atoms with van der Waals surface area (Å²) in [6, 6.07) is -1.22. The number of rotatable bonds is 5. The largest absolute Gasteiger partial charge is 0.480 e. The molecule has 0 spiro atoms. The summed E-state index contributed by atoms with van der Waals surface area (Å²) in [4.78, 5) is 22.3. The lowest BCUT2D eigenvalue weighted by Gasteiger charge is -2.19. The molecule has 2 amide bonds. The van der Waals surface area contributed by atoms with Gasteiger partial charge in [0.25, 0.3) is 0 Å². The van der Waals surface area contributed by atoms with Gasteiger partial charge in [-0.25, -0.2) is 9.59 Å². The van der Waals surface area contributed by atoms with E-state index in [9.17, 15) is 9.59 Å². The Balaban J connectivity index is 2.33. The van der Waals surface area contributed by atoms with Crippen LogP contribution >= 0.6 is 0 Å². The molecule has 92 valence electrons. The molecular formula is C11H20N2O3. The summed E-state index contributed by atoms with van der Waals surface area (Å²) >= 11 is 0. The smallest absolute Gasteiger partial charge is 0.326 e. The molecule has 1 saturated carbocycles. The van der Waals surface area contributed by atoms with E-state index in [1.807, 2.05) is 0 Å². The van der Waals surface area contributed by atoms with Gasteiger partial charge in [0, 0.05) is 6.54 Å². The van der Waals surface area contributed by atoms with E-state index in [0.717, 1.165) is 12.8 Å². The summed E-state index contributed by atoms with van der Waals surface area (Å²) in [7, 11) is 0. The molecule has 3 N–H and O–H groups in total. The van der Waals surface area contributed by atoms with Gasteiger partial charge in [0.05, 0.1) is 0 Å². The van der Waals surface area contributed by atoms with Gasteiger partial charge in [-0.1, -0.05) is 20.8 Å². The van der Waals surface area contributed by atoms with Crippen LogP contribution in [0.3, 0.4) is 0 Å². The van der Waals surface area contributed by atoms with Gasteiger partial charge in [-0.15, -0.1) is 0 Å². The summed E-state index contributed by atoms with van der Waals surface area (Å²) in [5, 5.41) is 14.1. The zero-order valence-electron chi connectivity index (χ0n) is 10.0. The molecule has 0 aliphatic heterocycles. The van der Waals surface area contributed by atoms with Crippen molar-refractivity contribution in [1.82, 2.24) is 10.6 Å². The molecule has 0 heterocycles. The van der Waals surface area contributed by atoms with Crippen molar-refractivity contribution >= 4 is 12.0 Å². The van der Waals surface area contributed by atoms with Gasteiger partial charge < -0.3 is 15.7 Å². The number of carbonyl (C=O) groups excluding carboxylic acids is 1. The highest BCUT2D eigenvalue weighted by molar-refractivity contribution is 5.82. The maximum absolute atomic E-state index is 11.5. The van der Waals surface area contributed by atoms with Crippen molar-refractivity contribution in [2.45, 2.75) is 39.7 Å². The minimum absolute atomic E-state index is 0.125. The molecule has 0 bridgehead atoms. The predicted octanol–water partition coefficient (Wildman–Crippen LogP) is 1.19. The lowest BCUT2D eigenvalue weighted by atomic mass is 10.1. The van der Waals surface area contributed by atoms with Crippen molar-refractivity contribution in [3.63, 3.8) is 0 Å². The van der Waals surface area contributed by atoms with Crippen LogP contribution in [0.25, 0.3) is 0 Å². The molecule has 1 atom stereocenters. The van der Waals surface area contributed by atoms with Gasteiger partial charge >= 0.3 is 12.0 Å². The third-order valence-electron chi connectivity index (χ3n) is 3.00. The molecule has 1 aliphatic carbocycles. The van der Waals surface area contributed by atoms with Crippen molar-refractivity contribution in [3.05, 3.63) is 0 Å². The maximum atomic E-state index is 11.5. The second-order valence-corrected chi connectivity index (χ2v) is 5.20. The third-order valence-corrected chi connectivity index (χ3v) is 3.00. The highest BCUT2D eigenvalue weighted by atomic mass is 16.4. The quantitative estimate of drug-likeness (QED) is 0.661. The van der Waals surface area contributed by atoms with Crippen LogP contribution in [0.4, 0.5) is 4.79 Å². The minimum Gasteiger partial charge on any atom is -0.480 e. The molecule has 0 radical (unpaired) electrons. The van der Waals surface area contributed by atoms with Crippen LogP contribution in [-0.4, -0.2) is 29.7 Å². The first-order chi connectivity index (χ1) is 7.34. The normalized spacial score (nSPS) is 19.0. The molecule has 0 aromatic rings. The molecule has 0 aromatic heterocycles. The molecule has 1 unspecified atom stereocenters. The van der Waals surface area contributed by atoms with Crippen LogP contribution in [-0.2, 0) is 4.79 Å². The van der Waals surface area contributed by atoms with Crippen LogP contribution in [0.5, 0.6) is 0 Å². The fourth-order valence-electron chi connectivity index (χ4n) is 1.39. The van der Waals surface area contributed by atoms with Gasteiger partial charge in [-0.05, 0) is 24.2 Å². The molecule has 1 rings (SSSR count). The SMILES string of the molecule is CC(C)C(NC(=O)NCC1(C)CC1)C(=O)O. The fraction of sp³-hybridized carbons (Fsp3) is 0.818.